The lowest BCUT2D eigenvalue weighted by Gasteiger charge is -2.37. The summed E-state index contributed by atoms with van der Waals surface area (Å²) in [6, 6.07) is 14.5. The van der Waals surface area contributed by atoms with E-state index in [2.05, 4.69) is 0 Å². The molecule has 136 valence electrons. The van der Waals surface area contributed by atoms with Crippen LogP contribution in [0.5, 0.6) is 5.75 Å². The van der Waals surface area contributed by atoms with Gasteiger partial charge in [0, 0.05) is 18.0 Å². The second-order valence-electron chi connectivity index (χ2n) is 6.95. The lowest BCUT2D eigenvalue weighted by atomic mass is 9.81. The van der Waals surface area contributed by atoms with Crippen molar-refractivity contribution in [1.29, 1.82) is 0 Å². The number of halogens is 1. The summed E-state index contributed by atoms with van der Waals surface area (Å²) in [6.45, 7) is 1.95. The van der Waals surface area contributed by atoms with Crippen molar-refractivity contribution < 1.29 is 18.7 Å². The van der Waals surface area contributed by atoms with Gasteiger partial charge in [-0.25, -0.2) is 4.39 Å². The van der Waals surface area contributed by atoms with Crippen LogP contribution in [0.1, 0.15) is 24.0 Å². The van der Waals surface area contributed by atoms with Crippen molar-refractivity contribution in [1.82, 2.24) is 4.90 Å². The second-order valence-corrected chi connectivity index (χ2v) is 6.95. The fourth-order valence-corrected chi connectivity index (χ4v) is 3.50. The summed E-state index contributed by atoms with van der Waals surface area (Å²) >= 11 is 0. The van der Waals surface area contributed by atoms with Gasteiger partial charge in [-0.3, -0.25) is 4.79 Å². The largest absolute Gasteiger partial charge is 0.491 e. The molecule has 1 amide bonds. The van der Waals surface area contributed by atoms with Crippen LogP contribution in [0.2, 0.25) is 0 Å². The van der Waals surface area contributed by atoms with Crippen molar-refractivity contribution in [2.24, 2.45) is 5.92 Å². The minimum absolute atomic E-state index is 0.00844. The second kappa shape index (κ2) is 7.46. The quantitative estimate of drug-likeness (QED) is 0.842. The molecule has 0 radical (unpaired) electrons. The minimum atomic E-state index is -0.306. The van der Waals surface area contributed by atoms with Crippen LogP contribution in [0.3, 0.4) is 0 Å². The molecule has 0 aromatic heterocycles. The average Bonchev–Trinajstić information content (AvgIpc) is 2.83. The van der Waals surface area contributed by atoms with Gasteiger partial charge in [-0.15, -0.1) is 0 Å². The van der Waals surface area contributed by atoms with Gasteiger partial charge in [0.25, 0.3) is 0 Å². The highest BCUT2D eigenvalue weighted by Crippen LogP contribution is 2.34. The summed E-state index contributed by atoms with van der Waals surface area (Å²) in [4.78, 5) is 14.5. The SMILES string of the molecule is O=C(C1CC(OCc2ccccc2)C1)N1CCOc2ccc(F)cc2C1. The molecule has 0 bridgehead atoms. The van der Waals surface area contributed by atoms with Gasteiger partial charge in [0.05, 0.1) is 19.3 Å². The zero-order chi connectivity index (χ0) is 17.9. The first-order valence-corrected chi connectivity index (χ1v) is 9.04. The number of hydrogen-bond acceptors (Lipinski definition) is 3. The number of carbonyl (C=O) groups excluding carboxylic acids is 1. The Kier molecular flexibility index (Phi) is 4.89. The highest BCUT2D eigenvalue weighted by molar-refractivity contribution is 5.80. The predicted octanol–water partition coefficient (Wildman–Crippen LogP) is 3.54. The maximum Gasteiger partial charge on any atom is 0.226 e. The molecule has 0 unspecified atom stereocenters. The summed E-state index contributed by atoms with van der Waals surface area (Å²) < 4.78 is 25.0. The van der Waals surface area contributed by atoms with Crippen LogP contribution in [0.25, 0.3) is 0 Å². The molecule has 0 saturated heterocycles. The van der Waals surface area contributed by atoms with E-state index in [1.54, 1.807) is 11.0 Å². The number of ether oxygens (including phenoxy) is 2. The number of amides is 1. The molecule has 4 nitrogen and oxygen atoms in total. The van der Waals surface area contributed by atoms with Gasteiger partial charge in [-0.1, -0.05) is 30.3 Å². The Bertz CT molecular complexity index is 774. The monoisotopic (exact) mass is 355 g/mol. The first-order valence-electron chi connectivity index (χ1n) is 9.04. The van der Waals surface area contributed by atoms with E-state index in [1.807, 2.05) is 30.3 Å². The van der Waals surface area contributed by atoms with Gasteiger partial charge in [0.1, 0.15) is 18.2 Å². The predicted molar refractivity (Wildman–Crippen MR) is 95.1 cm³/mol. The average molecular weight is 355 g/mol. The standard InChI is InChI=1S/C21H22FNO3/c22-18-6-7-20-17(10-18)13-23(8-9-25-20)21(24)16-11-19(12-16)26-14-15-4-2-1-3-5-15/h1-7,10,16,19H,8-9,11-14H2. The Morgan fingerprint density at radius 3 is 2.81 bits per heavy atom. The molecule has 0 N–H and O–H groups in total. The molecule has 1 fully saturated rings. The third kappa shape index (κ3) is 3.73. The normalized spacial score (nSPS) is 22.0. The van der Waals surface area contributed by atoms with Crippen LogP contribution < -0.4 is 4.74 Å². The highest BCUT2D eigenvalue weighted by atomic mass is 19.1. The molecule has 2 aromatic carbocycles. The van der Waals surface area contributed by atoms with E-state index in [1.165, 1.54) is 12.1 Å². The van der Waals surface area contributed by atoms with Crippen LogP contribution >= 0.6 is 0 Å². The molecular weight excluding hydrogens is 333 g/mol. The zero-order valence-corrected chi connectivity index (χ0v) is 14.6. The van der Waals surface area contributed by atoms with E-state index >= 15 is 0 Å². The summed E-state index contributed by atoms with van der Waals surface area (Å²) in [5, 5.41) is 0. The van der Waals surface area contributed by atoms with Crippen molar-refractivity contribution in [2.75, 3.05) is 13.2 Å². The van der Waals surface area contributed by atoms with E-state index < -0.39 is 0 Å². The number of benzene rings is 2. The highest BCUT2D eigenvalue weighted by Gasteiger charge is 2.38. The van der Waals surface area contributed by atoms with Crippen LogP contribution in [-0.4, -0.2) is 30.1 Å². The Morgan fingerprint density at radius 2 is 2.00 bits per heavy atom. The molecule has 5 heteroatoms. The number of rotatable bonds is 4. The van der Waals surface area contributed by atoms with Gasteiger partial charge >= 0.3 is 0 Å². The van der Waals surface area contributed by atoms with Crippen LogP contribution in [-0.2, 0) is 22.7 Å². The van der Waals surface area contributed by atoms with E-state index in [0.717, 1.165) is 24.0 Å². The number of carbonyl (C=O) groups is 1. The zero-order valence-electron chi connectivity index (χ0n) is 14.6. The molecule has 4 rings (SSSR count). The Hall–Kier alpha value is -2.40. The van der Waals surface area contributed by atoms with Gasteiger partial charge in [0.15, 0.2) is 0 Å². The van der Waals surface area contributed by atoms with E-state index in [9.17, 15) is 9.18 Å². The molecule has 2 aromatic rings. The first kappa shape index (κ1) is 17.0. The fraction of sp³-hybridized carbons (Fsp3) is 0.381. The maximum absolute atomic E-state index is 13.5. The van der Waals surface area contributed by atoms with E-state index in [4.69, 9.17) is 9.47 Å². The number of nitrogens with zero attached hydrogens (tertiary/aromatic N) is 1. The third-order valence-corrected chi connectivity index (χ3v) is 5.09. The molecule has 1 saturated carbocycles. The van der Waals surface area contributed by atoms with Gasteiger partial charge in [-0.05, 0) is 36.6 Å². The molecule has 2 aliphatic rings. The molecular formula is C21H22FNO3. The first-order chi connectivity index (χ1) is 12.7. The molecule has 0 atom stereocenters. The van der Waals surface area contributed by atoms with Crippen LogP contribution in [0, 0.1) is 11.7 Å². The van der Waals surface area contributed by atoms with Gasteiger partial charge < -0.3 is 14.4 Å². The molecule has 0 spiro atoms. The van der Waals surface area contributed by atoms with Crippen molar-refractivity contribution in [2.45, 2.75) is 32.1 Å². The van der Waals surface area contributed by atoms with Crippen molar-refractivity contribution >= 4 is 5.91 Å². The Balaban J connectivity index is 1.30. The molecule has 1 aliphatic carbocycles. The minimum Gasteiger partial charge on any atom is -0.491 e. The molecule has 1 aliphatic heterocycles. The molecule has 26 heavy (non-hydrogen) atoms. The van der Waals surface area contributed by atoms with Crippen molar-refractivity contribution in [3.63, 3.8) is 0 Å². The van der Waals surface area contributed by atoms with Crippen LogP contribution in [0.4, 0.5) is 4.39 Å². The Labute approximate surface area is 152 Å². The van der Waals surface area contributed by atoms with Gasteiger partial charge in [-0.2, -0.15) is 0 Å². The number of fused-ring (bicyclic) bond motifs is 1. The lowest BCUT2D eigenvalue weighted by Crippen LogP contribution is -2.45. The third-order valence-electron chi connectivity index (χ3n) is 5.09. The van der Waals surface area contributed by atoms with Crippen molar-refractivity contribution in [3.8, 4) is 5.75 Å². The van der Waals surface area contributed by atoms with E-state index in [0.29, 0.717) is 32.1 Å². The lowest BCUT2D eigenvalue weighted by molar-refractivity contribution is -0.146. The summed E-state index contributed by atoms with van der Waals surface area (Å²) in [5.41, 5.74) is 1.87. The summed E-state index contributed by atoms with van der Waals surface area (Å²) in [5.74, 6) is 0.468. The number of hydrogen-bond donors (Lipinski definition) is 0. The van der Waals surface area contributed by atoms with Gasteiger partial charge in [0.2, 0.25) is 5.91 Å². The summed E-state index contributed by atoms with van der Waals surface area (Å²) in [6.07, 6.45) is 1.63. The van der Waals surface area contributed by atoms with E-state index in [-0.39, 0.29) is 23.7 Å². The fourth-order valence-electron chi connectivity index (χ4n) is 3.50. The smallest absolute Gasteiger partial charge is 0.226 e. The van der Waals surface area contributed by atoms with Crippen LogP contribution in [0.15, 0.2) is 48.5 Å². The topological polar surface area (TPSA) is 38.8 Å². The van der Waals surface area contributed by atoms with Crippen molar-refractivity contribution in [3.05, 3.63) is 65.5 Å². The maximum atomic E-state index is 13.5. The molecule has 1 heterocycles. The summed E-state index contributed by atoms with van der Waals surface area (Å²) in [7, 11) is 0. The Morgan fingerprint density at radius 1 is 1.19 bits per heavy atom.